The molecule has 0 saturated heterocycles. The van der Waals surface area contributed by atoms with E-state index in [1.807, 2.05) is 0 Å². The molecule has 0 aromatic carbocycles. The highest BCUT2D eigenvalue weighted by Gasteiger charge is 2.16. The van der Waals surface area contributed by atoms with Gasteiger partial charge in [-0.3, -0.25) is 0 Å². The summed E-state index contributed by atoms with van der Waals surface area (Å²) in [5.74, 6) is 0.812. The van der Waals surface area contributed by atoms with Gasteiger partial charge in [0.25, 0.3) is 0 Å². The highest BCUT2D eigenvalue weighted by molar-refractivity contribution is 5.91. The van der Waals surface area contributed by atoms with Crippen LogP contribution in [0.15, 0.2) is 6.33 Å². The minimum absolute atomic E-state index is 0.0931. The fourth-order valence-corrected chi connectivity index (χ4v) is 2.64. The first-order chi connectivity index (χ1) is 10.1. The molecule has 21 heavy (non-hydrogen) atoms. The van der Waals surface area contributed by atoms with Crippen molar-refractivity contribution in [3.63, 3.8) is 0 Å². The maximum atomic E-state index is 8.98. The van der Waals surface area contributed by atoms with Gasteiger partial charge in [-0.25, -0.2) is 9.97 Å². The van der Waals surface area contributed by atoms with Crippen molar-refractivity contribution in [3.8, 4) is 0 Å². The average Bonchev–Trinajstić information content (AvgIpc) is 2.70. The highest BCUT2D eigenvalue weighted by Crippen LogP contribution is 2.28. The van der Waals surface area contributed by atoms with Crippen molar-refractivity contribution in [1.29, 1.82) is 0 Å². The summed E-state index contributed by atoms with van der Waals surface area (Å²) in [5, 5.41) is 13.2. The van der Waals surface area contributed by atoms with Crippen molar-refractivity contribution in [1.82, 2.24) is 14.5 Å². The molecule has 2 heterocycles. The van der Waals surface area contributed by atoms with Crippen molar-refractivity contribution >= 4 is 16.9 Å². The van der Waals surface area contributed by atoms with Crippen LogP contribution < -0.4 is 10.2 Å². The second kappa shape index (κ2) is 6.87. The van der Waals surface area contributed by atoms with E-state index in [9.17, 15) is 0 Å². The van der Waals surface area contributed by atoms with Crippen LogP contribution in [0, 0.1) is 13.8 Å². The largest absolute Gasteiger partial charge is 0.395 e. The molecule has 0 radical (unpaired) electrons. The summed E-state index contributed by atoms with van der Waals surface area (Å²) in [6.07, 6.45) is 2.71. The lowest BCUT2D eigenvalue weighted by atomic mass is 10.2. The van der Waals surface area contributed by atoms with Gasteiger partial charge in [-0.1, -0.05) is 0 Å². The Morgan fingerprint density at radius 2 is 2.05 bits per heavy atom. The van der Waals surface area contributed by atoms with Gasteiger partial charge in [0, 0.05) is 25.2 Å². The molecule has 116 valence electrons. The summed E-state index contributed by atoms with van der Waals surface area (Å²) in [4.78, 5) is 10.2. The van der Waals surface area contributed by atoms with E-state index in [2.05, 4.69) is 47.8 Å². The van der Waals surface area contributed by atoms with Crippen LogP contribution in [0.25, 0.3) is 11.0 Å². The van der Waals surface area contributed by atoms with Gasteiger partial charge in [0.2, 0.25) is 0 Å². The highest BCUT2D eigenvalue weighted by atomic mass is 16.3. The van der Waals surface area contributed by atoms with Crippen LogP contribution in [-0.4, -0.2) is 53.4 Å². The summed E-state index contributed by atoms with van der Waals surface area (Å²) in [7, 11) is 4.34. The molecule has 0 saturated carbocycles. The number of aromatic nitrogens is 3. The third kappa shape index (κ3) is 3.33. The zero-order valence-corrected chi connectivity index (χ0v) is 13.4. The van der Waals surface area contributed by atoms with E-state index in [4.69, 9.17) is 5.11 Å². The first-order valence-corrected chi connectivity index (χ1v) is 7.50. The third-order valence-corrected chi connectivity index (χ3v) is 3.87. The van der Waals surface area contributed by atoms with Gasteiger partial charge < -0.3 is 19.9 Å². The number of nitrogens with one attached hydrogen (secondary N) is 2. The first-order valence-electron chi connectivity index (χ1n) is 7.50. The molecule has 3 N–H and O–H groups in total. The molecule has 0 unspecified atom stereocenters. The number of aliphatic hydroxyl groups excluding tert-OH is 1. The lowest BCUT2D eigenvalue weighted by molar-refractivity contribution is -0.858. The molecule has 0 aliphatic carbocycles. The van der Waals surface area contributed by atoms with E-state index >= 15 is 0 Å². The number of fused-ring (bicyclic) bond motifs is 1. The lowest BCUT2D eigenvalue weighted by Crippen LogP contribution is -3.05. The number of rotatable bonds is 7. The second-order valence-corrected chi connectivity index (χ2v) is 5.74. The fourth-order valence-electron chi connectivity index (χ4n) is 2.64. The van der Waals surface area contributed by atoms with Crippen molar-refractivity contribution in [3.05, 3.63) is 17.6 Å². The molecule has 2 rings (SSSR count). The summed E-state index contributed by atoms with van der Waals surface area (Å²) in [6.45, 7) is 6.94. The normalized spacial score (nSPS) is 11.5. The van der Waals surface area contributed by atoms with E-state index in [1.54, 1.807) is 6.33 Å². The van der Waals surface area contributed by atoms with Crippen molar-refractivity contribution < 1.29 is 10.0 Å². The maximum absolute atomic E-state index is 8.98. The minimum Gasteiger partial charge on any atom is -0.395 e. The Labute approximate surface area is 125 Å². The van der Waals surface area contributed by atoms with Gasteiger partial charge in [0.15, 0.2) is 0 Å². The van der Waals surface area contributed by atoms with Crippen LogP contribution in [0.3, 0.4) is 0 Å². The monoisotopic (exact) mass is 292 g/mol. The summed E-state index contributed by atoms with van der Waals surface area (Å²) < 4.78 is 2.28. The Hall–Kier alpha value is -1.66. The molecule has 0 fully saturated rings. The Kier molecular flexibility index (Phi) is 5.14. The Balaban J connectivity index is 2.36. The first kappa shape index (κ1) is 15.7. The number of quaternary nitrogens is 1. The van der Waals surface area contributed by atoms with Crippen LogP contribution in [0.2, 0.25) is 0 Å². The Morgan fingerprint density at radius 3 is 2.71 bits per heavy atom. The number of aryl methyl sites for hydroxylation is 2. The molecular weight excluding hydrogens is 266 g/mol. The number of hydrogen-bond acceptors (Lipinski definition) is 4. The van der Waals surface area contributed by atoms with Gasteiger partial charge in [0.05, 0.1) is 32.6 Å². The van der Waals surface area contributed by atoms with E-state index in [1.165, 1.54) is 16.2 Å². The molecule has 6 heteroatoms. The topological polar surface area (TPSA) is 67.4 Å². The quantitative estimate of drug-likeness (QED) is 0.671. The number of aliphatic hydroxyl groups is 1. The van der Waals surface area contributed by atoms with Crippen molar-refractivity contribution in [2.45, 2.75) is 26.8 Å². The molecular formula is C15H26N5O+. The van der Waals surface area contributed by atoms with Crippen LogP contribution in [-0.2, 0) is 6.54 Å². The smallest absolute Gasteiger partial charge is 0.145 e. The molecule has 0 bridgehead atoms. The second-order valence-electron chi connectivity index (χ2n) is 5.74. The van der Waals surface area contributed by atoms with E-state index in [-0.39, 0.29) is 6.61 Å². The number of nitrogens with zero attached hydrogens (tertiary/aromatic N) is 3. The van der Waals surface area contributed by atoms with Crippen LogP contribution in [0.1, 0.15) is 17.7 Å². The maximum Gasteiger partial charge on any atom is 0.145 e. The third-order valence-electron chi connectivity index (χ3n) is 3.87. The summed E-state index contributed by atoms with van der Waals surface area (Å²) in [5.41, 5.74) is 3.43. The average molecular weight is 292 g/mol. The predicted octanol–water partition coefficient (Wildman–Crippen LogP) is -0.0131. The number of anilines is 1. The lowest BCUT2D eigenvalue weighted by Gasteiger charge is -2.10. The van der Waals surface area contributed by atoms with Gasteiger partial charge in [-0.15, -0.1) is 0 Å². The van der Waals surface area contributed by atoms with Crippen molar-refractivity contribution in [2.24, 2.45) is 0 Å². The molecule has 0 aliphatic rings. The van der Waals surface area contributed by atoms with Gasteiger partial charge >= 0.3 is 0 Å². The Morgan fingerprint density at radius 1 is 1.29 bits per heavy atom. The minimum atomic E-state index is 0.0931. The van der Waals surface area contributed by atoms with E-state index in [0.717, 1.165) is 36.4 Å². The summed E-state index contributed by atoms with van der Waals surface area (Å²) >= 11 is 0. The molecule has 2 aromatic heterocycles. The van der Waals surface area contributed by atoms with Crippen LogP contribution in [0.5, 0.6) is 0 Å². The van der Waals surface area contributed by atoms with Gasteiger partial charge in [-0.2, -0.15) is 0 Å². The SMILES string of the molecule is Cc1c(C)n(CCC[NH+](C)C)c2ncnc(NCCO)c12. The zero-order chi connectivity index (χ0) is 15.4. The number of hydrogen-bond donors (Lipinski definition) is 3. The van der Waals surface area contributed by atoms with Crippen LogP contribution >= 0.6 is 0 Å². The summed E-state index contributed by atoms with van der Waals surface area (Å²) in [6, 6.07) is 0. The van der Waals surface area contributed by atoms with Crippen molar-refractivity contribution in [2.75, 3.05) is 39.1 Å². The molecule has 0 amide bonds. The molecule has 0 spiro atoms. The molecule has 0 aliphatic heterocycles. The molecule has 0 atom stereocenters. The van der Waals surface area contributed by atoms with Gasteiger partial charge in [-0.05, 0) is 19.4 Å². The van der Waals surface area contributed by atoms with E-state index in [0.29, 0.717) is 6.54 Å². The Bertz CT molecular complexity index is 606. The predicted molar refractivity (Wildman–Crippen MR) is 84.9 cm³/mol. The molecule has 2 aromatic rings. The standard InChI is InChI=1S/C15H25N5O/c1-11-12(2)20(8-5-7-19(3)4)15-13(11)14(16-6-9-21)17-10-18-15/h10,21H,5-9H2,1-4H3,(H,16,17,18)/p+1. The van der Waals surface area contributed by atoms with E-state index < -0.39 is 0 Å². The zero-order valence-electron chi connectivity index (χ0n) is 13.4. The van der Waals surface area contributed by atoms with Crippen LogP contribution in [0.4, 0.5) is 5.82 Å². The van der Waals surface area contributed by atoms with Gasteiger partial charge in [0.1, 0.15) is 17.8 Å². The molecule has 6 nitrogen and oxygen atoms in total. The fraction of sp³-hybridized carbons (Fsp3) is 0.600.